The number of carboxylic acid groups (broad SMARTS) is 2. The van der Waals surface area contributed by atoms with Crippen molar-refractivity contribution in [3.8, 4) is 0 Å². The summed E-state index contributed by atoms with van der Waals surface area (Å²) in [4.78, 5) is 45.7. The van der Waals surface area contributed by atoms with Crippen molar-refractivity contribution in [1.82, 2.24) is 10.6 Å². The maximum absolute atomic E-state index is 12.2. The van der Waals surface area contributed by atoms with E-state index in [-0.39, 0.29) is 18.6 Å². The van der Waals surface area contributed by atoms with Crippen molar-refractivity contribution in [1.29, 1.82) is 0 Å². The fourth-order valence-electron chi connectivity index (χ4n) is 2.12. The number of rotatable bonds is 13. The van der Waals surface area contributed by atoms with Crippen molar-refractivity contribution in [2.45, 2.75) is 30.5 Å². The summed E-state index contributed by atoms with van der Waals surface area (Å²) in [6, 6.07) is 4.05. The van der Waals surface area contributed by atoms with E-state index in [4.69, 9.17) is 15.9 Å². The number of hydroxylamine groups is 1. The van der Waals surface area contributed by atoms with Crippen LogP contribution in [0.4, 0.5) is 5.69 Å². The Morgan fingerprint density at radius 3 is 2.32 bits per heavy atom. The highest BCUT2D eigenvalue weighted by Crippen LogP contribution is 2.21. The molecule has 0 fully saturated rings. The van der Waals surface area contributed by atoms with Gasteiger partial charge in [0.05, 0.1) is 5.69 Å². The van der Waals surface area contributed by atoms with Crippen LogP contribution >= 0.6 is 34.4 Å². The lowest BCUT2D eigenvalue weighted by atomic mass is 10.1. The van der Waals surface area contributed by atoms with Crippen LogP contribution in [0.25, 0.3) is 0 Å². The van der Waals surface area contributed by atoms with Crippen molar-refractivity contribution < 1.29 is 39.7 Å². The fraction of sp³-hybridized carbons (Fsp3) is 0.412. The zero-order chi connectivity index (χ0) is 23.6. The maximum atomic E-state index is 12.2. The Labute approximate surface area is 195 Å². The van der Waals surface area contributed by atoms with Gasteiger partial charge in [0.15, 0.2) is 5.56 Å². The van der Waals surface area contributed by atoms with Gasteiger partial charge in [-0.3, -0.25) is 24.4 Å². The zero-order valence-corrected chi connectivity index (χ0v) is 19.1. The van der Waals surface area contributed by atoms with E-state index in [2.05, 4.69) is 33.2 Å². The van der Waals surface area contributed by atoms with Crippen molar-refractivity contribution in [2.24, 2.45) is 5.73 Å². The lowest BCUT2D eigenvalue weighted by Crippen LogP contribution is -2.50. The Kier molecular flexibility index (Phi) is 11.5. The second-order valence-corrected chi connectivity index (χ2v) is 8.53. The minimum absolute atomic E-state index is 0.169. The molecule has 31 heavy (non-hydrogen) atoms. The largest absolute Gasteiger partial charge is 0.480 e. The van der Waals surface area contributed by atoms with Crippen LogP contribution in [0, 0.1) is 3.57 Å². The molecule has 12 nitrogen and oxygen atoms in total. The van der Waals surface area contributed by atoms with Gasteiger partial charge in [-0.05, 0) is 53.3 Å². The smallest absolute Gasteiger partial charge is 0.322 e. The number of hydrogen-bond acceptors (Lipinski definition) is 9. The van der Waals surface area contributed by atoms with Crippen LogP contribution in [0.15, 0.2) is 24.3 Å². The van der Waals surface area contributed by atoms with Crippen LogP contribution in [0.3, 0.4) is 0 Å². The normalized spacial score (nSPS) is 13.5. The molecule has 2 amide bonds. The van der Waals surface area contributed by atoms with Gasteiger partial charge in [0, 0.05) is 15.7 Å². The molecule has 172 valence electrons. The third-order valence-electron chi connectivity index (χ3n) is 3.78. The number of anilines is 1. The number of thioether (sulfide) groups is 1. The molecule has 0 spiro atoms. The summed E-state index contributed by atoms with van der Waals surface area (Å²) in [5.41, 5.74) is 4.13. The van der Waals surface area contributed by atoms with Gasteiger partial charge in [0.1, 0.15) is 18.6 Å². The minimum atomic E-state index is -1.49. The molecule has 0 radical (unpaired) electrons. The molecule has 1 aromatic carbocycles. The summed E-state index contributed by atoms with van der Waals surface area (Å²) in [5, 5.41) is 42.8. The number of aliphatic hydroxyl groups is 1. The molecular weight excluding hydrogens is 547 g/mol. The maximum Gasteiger partial charge on any atom is 0.322 e. The Balaban J connectivity index is 2.72. The first-order valence-electron chi connectivity index (χ1n) is 8.81. The van der Waals surface area contributed by atoms with Crippen LogP contribution in [0.1, 0.15) is 12.8 Å². The van der Waals surface area contributed by atoms with Gasteiger partial charge in [-0.25, -0.2) is 5.06 Å². The molecule has 14 heteroatoms. The highest BCUT2D eigenvalue weighted by molar-refractivity contribution is 14.1. The average Bonchev–Trinajstić information content (AvgIpc) is 2.72. The van der Waals surface area contributed by atoms with Gasteiger partial charge < -0.3 is 31.7 Å². The van der Waals surface area contributed by atoms with Gasteiger partial charge in [-0.15, -0.1) is 11.8 Å². The number of carbonyl (C=O) groups is 4. The van der Waals surface area contributed by atoms with Gasteiger partial charge in [0.25, 0.3) is 0 Å². The van der Waals surface area contributed by atoms with Gasteiger partial charge >= 0.3 is 11.9 Å². The summed E-state index contributed by atoms with van der Waals surface area (Å²) >= 11 is 2.79. The molecule has 0 aliphatic rings. The highest BCUT2D eigenvalue weighted by Gasteiger charge is 2.25. The molecular formula is C17H23IN4O8S. The van der Waals surface area contributed by atoms with Crippen LogP contribution in [0.2, 0.25) is 0 Å². The third kappa shape index (κ3) is 10.1. The summed E-state index contributed by atoms with van der Waals surface area (Å²) < 4.78 is 0.914. The van der Waals surface area contributed by atoms with E-state index in [0.29, 0.717) is 22.5 Å². The topological polar surface area (TPSA) is 203 Å². The number of carbonyl (C=O) groups excluding carboxylic acids is 2. The van der Waals surface area contributed by atoms with Gasteiger partial charge in [-0.1, -0.05) is 0 Å². The van der Waals surface area contributed by atoms with E-state index in [1.165, 1.54) is 0 Å². The predicted octanol–water partition coefficient (Wildman–Crippen LogP) is -0.626. The van der Waals surface area contributed by atoms with E-state index in [1.54, 1.807) is 24.3 Å². The Bertz CT molecular complexity index is 782. The van der Waals surface area contributed by atoms with E-state index < -0.39 is 47.9 Å². The molecule has 8 N–H and O–H groups in total. The Morgan fingerprint density at radius 2 is 1.77 bits per heavy atom. The van der Waals surface area contributed by atoms with Crippen molar-refractivity contribution >= 4 is 63.8 Å². The molecule has 0 heterocycles. The quantitative estimate of drug-likeness (QED) is 0.0905. The summed E-state index contributed by atoms with van der Waals surface area (Å²) in [5.74, 6) is -4.29. The third-order valence-corrected chi connectivity index (χ3v) is 5.52. The SMILES string of the molecule is N[C@@H](CCC(=O)N[C@@H](CSC(O)N(O)c1ccc(I)cc1)C(=O)NCC(=O)O)C(=O)O. The lowest BCUT2D eigenvalue weighted by Gasteiger charge is -2.25. The van der Waals surface area contributed by atoms with Crippen LogP contribution in [0.5, 0.6) is 0 Å². The molecule has 0 aromatic heterocycles. The van der Waals surface area contributed by atoms with Crippen LogP contribution in [-0.2, 0) is 19.2 Å². The van der Waals surface area contributed by atoms with Crippen molar-refractivity contribution in [3.63, 3.8) is 0 Å². The molecule has 1 aromatic rings. The van der Waals surface area contributed by atoms with Crippen molar-refractivity contribution in [3.05, 3.63) is 27.8 Å². The number of hydrogen-bond donors (Lipinski definition) is 7. The number of aliphatic hydroxyl groups excluding tert-OH is 1. The molecule has 0 aliphatic heterocycles. The van der Waals surface area contributed by atoms with E-state index in [1.807, 2.05) is 0 Å². The number of nitrogens with one attached hydrogen (secondary N) is 2. The Hall–Kier alpha value is -2.14. The molecule has 0 aliphatic carbocycles. The first kappa shape index (κ1) is 26.9. The number of nitrogens with two attached hydrogens (primary N) is 1. The van der Waals surface area contributed by atoms with Crippen molar-refractivity contribution in [2.75, 3.05) is 17.4 Å². The lowest BCUT2D eigenvalue weighted by molar-refractivity contribution is -0.139. The van der Waals surface area contributed by atoms with Gasteiger partial charge in [-0.2, -0.15) is 0 Å². The average molecular weight is 570 g/mol. The summed E-state index contributed by atoms with van der Waals surface area (Å²) in [7, 11) is 0. The second-order valence-electron chi connectivity index (χ2n) is 6.20. The Morgan fingerprint density at radius 1 is 1.16 bits per heavy atom. The molecule has 0 saturated heterocycles. The number of benzene rings is 1. The zero-order valence-electron chi connectivity index (χ0n) is 16.1. The molecule has 0 saturated carbocycles. The second kappa shape index (κ2) is 13.3. The highest BCUT2D eigenvalue weighted by atomic mass is 127. The van der Waals surface area contributed by atoms with Crippen LogP contribution in [-0.4, -0.2) is 74.2 Å². The molecule has 0 bridgehead atoms. The minimum Gasteiger partial charge on any atom is -0.480 e. The summed E-state index contributed by atoms with van der Waals surface area (Å²) in [6.07, 6.45) is -0.449. The number of amides is 2. The number of nitrogens with zero attached hydrogens (tertiary/aromatic N) is 1. The summed E-state index contributed by atoms with van der Waals surface area (Å²) in [6.45, 7) is -0.683. The molecule has 1 unspecified atom stereocenters. The fourth-order valence-corrected chi connectivity index (χ4v) is 3.34. The number of aliphatic carboxylic acids is 2. The van der Waals surface area contributed by atoms with E-state index in [9.17, 15) is 29.5 Å². The standard InChI is InChI=1S/C17H23IN4O8S/c18-9-1-3-10(4-2-9)22(30)17(29)31-8-12(15(26)20-7-14(24)25)21-13(23)6-5-11(19)16(27)28/h1-4,11-12,17,29-30H,5-8,19H2,(H,20,26)(H,21,23)(H,24,25)(H,27,28)/t11-,12-,17?/m0/s1. The first-order valence-corrected chi connectivity index (χ1v) is 10.9. The predicted molar refractivity (Wildman–Crippen MR) is 119 cm³/mol. The molecule has 1 rings (SSSR count). The number of halogens is 1. The number of carboxylic acids is 2. The van der Waals surface area contributed by atoms with Crippen LogP contribution < -0.4 is 21.4 Å². The first-order chi connectivity index (χ1) is 14.5. The van der Waals surface area contributed by atoms with E-state index in [0.717, 1.165) is 3.57 Å². The molecule has 3 atom stereocenters. The van der Waals surface area contributed by atoms with Gasteiger partial charge in [0.2, 0.25) is 11.8 Å². The van der Waals surface area contributed by atoms with E-state index >= 15 is 0 Å². The monoisotopic (exact) mass is 570 g/mol.